The lowest BCUT2D eigenvalue weighted by molar-refractivity contribution is -0.118. The zero-order valence-corrected chi connectivity index (χ0v) is 18.4. The molecule has 0 spiro atoms. The smallest absolute Gasteiger partial charge is 0.266 e. The minimum absolute atomic E-state index is 0.0435. The van der Waals surface area contributed by atoms with Crippen molar-refractivity contribution in [2.24, 2.45) is 0 Å². The third-order valence-electron chi connectivity index (χ3n) is 4.51. The minimum atomic E-state index is -0.598. The van der Waals surface area contributed by atoms with Crippen LogP contribution in [-0.4, -0.2) is 25.0 Å². The van der Waals surface area contributed by atoms with Gasteiger partial charge in [0, 0.05) is 11.3 Å². The second-order valence-corrected chi connectivity index (χ2v) is 6.94. The number of rotatable bonds is 9. The Bertz CT molecular complexity index is 1230. The molecule has 2 N–H and O–H groups in total. The Labute approximate surface area is 196 Å². The van der Waals surface area contributed by atoms with Crippen LogP contribution in [0.15, 0.2) is 78.4 Å². The van der Waals surface area contributed by atoms with Gasteiger partial charge in [-0.1, -0.05) is 30.3 Å². The van der Waals surface area contributed by atoms with Crippen molar-refractivity contribution in [3.63, 3.8) is 0 Å². The van der Waals surface area contributed by atoms with Gasteiger partial charge >= 0.3 is 0 Å². The maximum atomic E-state index is 13.7. The Hall–Kier alpha value is -4.64. The maximum absolute atomic E-state index is 13.7. The normalized spacial score (nSPS) is 10.7. The molecule has 8 heteroatoms. The predicted octanol–water partition coefficient (Wildman–Crippen LogP) is 4.79. The number of hydrogen-bond donors (Lipinski definition) is 2. The van der Waals surface area contributed by atoms with Gasteiger partial charge in [0.2, 0.25) is 0 Å². The number of carbonyl (C=O) groups excluding carboxylic acids is 2. The summed E-state index contributed by atoms with van der Waals surface area (Å²) in [4.78, 5) is 24.8. The molecule has 0 bridgehead atoms. The highest BCUT2D eigenvalue weighted by Gasteiger charge is 2.13. The summed E-state index contributed by atoms with van der Waals surface area (Å²) in [5.41, 5.74) is 0.825. The summed E-state index contributed by atoms with van der Waals surface area (Å²) in [5, 5.41) is 14.6. The SMILES string of the molecule is CCOc1ccc(NC(=O)C(C#N)=Cc2ccccc2OCC(=O)Nc2ccccc2F)cc1. The number of nitrogens with zero attached hydrogens (tertiary/aromatic N) is 1. The maximum Gasteiger partial charge on any atom is 0.266 e. The average molecular weight is 459 g/mol. The number of halogens is 1. The first-order valence-corrected chi connectivity index (χ1v) is 10.4. The molecule has 7 nitrogen and oxygen atoms in total. The van der Waals surface area contributed by atoms with E-state index >= 15 is 0 Å². The fourth-order valence-corrected chi connectivity index (χ4v) is 2.93. The molecule has 0 atom stereocenters. The van der Waals surface area contributed by atoms with Gasteiger partial charge in [0.1, 0.15) is 29.0 Å². The molecular weight excluding hydrogens is 437 g/mol. The van der Waals surface area contributed by atoms with Crippen LogP contribution in [-0.2, 0) is 9.59 Å². The van der Waals surface area contributed by atoms with Crippen molar-refractivity contribution in [2.75, 3.05) is 23.8 Å². The summed E-state index contributed by atoms with van der Waals surface area (Å²) >= 11 is 0. The molecule has 34 heavy (non-hydrogen) atoms. The van der Waals surface area contributed by atoms with E-state index in [1.54, 1.807) is 54.6 Å². The number of nitriles is 1. The van der Waals surface area contributed by atoms with Crippen molar-refractivity contribution >= 4 is 29.3 Å². The van der Waals surface area contributed by atoms with Crippen LogP contribution >= 0.6 is 0 Å². The molecule has 0 radical (unpaired) electrons. The fourth-order valence-electron chi connectivity index (χ4n) is 2.93. The molecule has 0 aliphatic heterocycles. The zero-order chi connectivity index (χ0) is 24.3. The van der Waals surface area contributed by atoms with Crippen molar-refractivity contribution in [1.29, 1.82) is 5.26 Å². The molecule has 172 valence electrons. The van der Waals surface area contributed by atoms with Crippen LogP contribution in [0.3, 0.4) is 0 Å². The van der Waals surface area contributed by atoms with Gasteiger partial charge in [-0.2, -0.15) is 5.26 Å². The summed E-state index contributed by atoms with van der Waals surface area (Å²) in [6.07, 6.45) is 1.37. The van der Waals surface area contributed by atoms with Crippen LogP contribution in [0, 0.1) is 17.1 Å². The minimum Gasteiger partial charge on any atom is -0.494 e. The summed E-state index contributed by atoms with van der Waals surface area (Å²) in [6, 6.07) is 21.1. The molecule has 2 amide bonds. The Morgan fingerprint density at radius 3 is 2.38 bits per heavy atom. The summed E-state index contributed by atoms with van der Waals surface area (Å²) in [7, 11) is 0. The van der Waals surface area contributed by atoms with Gasteiger partial charge in [0.15, 0.2) is 6.61 Å². The number of hydrogen-bond acceptors (Lipinski definition) is 5. The predicted molar refractivity (Wildman–Crippen MR) is 127 cm³/mol. The Balaban J connectivity index is 1.68. The van der Waals surface area contributed by atoms with E-state index in [1.165, 1.54) is 24.3 Å². The summed E-state index contributed by atoms with van der Waals surface area (Å²) < 4.78 is 24.6. The van der Waals surface area contributed by atoms with Gasteiger partial charge in [0.25, 0.3) is 11.8 Å². The molecule has 0 aliphatic carbocycles. The van der Waals surface area contributed by atoms with Crippen LogP contribution in [0.4, 0.5) is 15.8 Å². The van der Waals surface area contributed by atoms with Gasteiger partial charge in [-0.3, -0.25) is 9.59 Å². The second-order valence-electron chi connectivity index (χ2n) is 6.94. The molecule has 3 aromatic rings. The molecule has 0 heterocycles. The number of benzene rings is 3. The van der Waals surface area contributed by atoms with E-state index < -0.39 is 17.6 Å². The monoisotopic (exact) mass is 459 g/mol. The highest BCUT2D eigenvalue weighted by atomic mass is 19.1. The van der Waals surface area contributed by atoms with Crippen LogP contribution in [0.1, 0.15) is 12.5 Å². The summed E-state index contributed by atoms with van der Waals surface area (Å²) in [5.74, 6) is -0.762. The van der Waals surface area contributed by atoms with E-state index in [4.69, 9.17) is 9.47 Å². The van der Waals surface area contributed by atoms with Crippen molar-refractivity contribution < 1.29 is 23.5 Å². The van der Waals surface area contributed by atoms with Gasteiger partial charge in [-0.15, -0.1) is 0 Å². The fraction of sp³-hybridized carbons (Fsp3) is 0.115. The summed E-state index contributed by atoms with van der Waals surface area (Å²) in [6.45, 7) is 2.01. The Morgan fingerprint density at radius 2 is 1.68 bits per heavy atom. The molecule has 0 saturated heterocycles. The van der Waals surface area contributed by atoms with Crippen LogP contribution < -0.4 is 20.1 Å². The number of carbonyl (C=O) groups is 2. The molecule has 0 aliphatic rings. The Kier molecular flexibility index (Phi) is 8.36. The highest BCUT2D eigenvalue weighted by Crippen LogP contribution is 2.22. The number of ether oxygens (including phenoxy) is 2. The molecular formula is C26H22FN3O4. The van der Waals surface area contributed by atoms with Crippen molar-refractivity contribution in [2.45, 2.75) is 6.92 Å². The Morgan fingerprint density at radius 1 is 0.971 bits per heavy atom. The van der Waals surface area contributed by atoms with E-state index in [9.17, 15) is 19.2 Å². The van der Waals surface area contributed by atoms with Crippen LogP contribution in [0.2, 0.25) is 0 Å². The lowest BCUT2D eigenvalue weighted by Gasteiger charge is -2.11. The van der Waals surface area contributed by atoms with Gasteiger partial charge in [-0.05, 0) is 55.5 Å². The first-order chi connectivity index (χ1) is 16.5. The number of para-hydroxylation sites is 2. The number of nitrogens with one attached hydrogen (secondary N) is 2. The topological polar surface area (TPSA) is 100 Å². The largest absolute Gasteiger partial charge is 0.494 e. The van der Waals surface area contributed by atoms with E-state index in [-0.39, 0.29) is 23.6 Å². The first kappa shape index (κ1) is 24.0. The van der Waals surface area contributed by atoms with E-state index in [1.807, 2.05) is 13.0 Å². The van der Waals surface area contributed by atoms with Crippen LogP contribution in [0.5, 0.6) is 11.5 Å². The van der Waals surface area contributed by atoms with Gasteiger partial charge in [0.05, 0.1) is 12.3 Å². The molecule has 3 rings (SSSR count). The average Bonchev–Trinajstić information content (AvgIpc) is 2.84. The third-order valence-corrected chi connectivity index (χ3v) is 4.51. The van der Waals surface area contributed by atoms with Crippen LogP contribution in [0.25, 0.3) is 6.08 Å². The standard InChI is InChI=1S/C26H22FN3O4/c1-2-33-21-13-11-20(12-14-21)29-26(32)19(16-28)15-18-7-3-6-10-24(18)34-17-25(31)30-23-9-5-4-8-22(23)27/h3-15H,2,17H2,1H3,(H,29,32)(H,30,31). The van der Waals surface area contributed by atoms with Crippen molar-refractivity contribution in [3.05, 3.63) is 89.8 Å². The number of amides is 2. The van der Waals surface area contributed by atoms with Crippen molar-refractivity contribution in [1.82, 2.24) is 0 Å². The molecule has 0 aromatic heterocycles. The first-order valence-electron chi connectivity index (χ1n) is 10.4. The van der Waals surface area contributed by atoms with E-state index in [0.29, 0.717) is 23.6 Å². The van der Waals surface area contributed by atoms with E-state index in [0.717, 1.165) is 0 Å². The van der Waals surface area contributed by atoms with Gasteiger partial charge in [-0.25, -0.2) is 4.39 Å². The molecule has 0 saturated carbocycles. The van der Waals surface area contributed by atoms with Gasteiger partial charge < -0.3 is 20.1 Å². The van der Waals surface area contributed by atoms with E-state index in [2.05, 4.69) is 10.6 Å². The lowest BCUT2D eigenvalue weighted by Crippen LogP contribution is -2.21. The second kappa shape index (κ2) is 11.8. The molecule has 0 fully saturated rings. The molecule has 3 aromatic carbocycles. The number of anilines is 2. The highest BCUT2D eigenvalue weighted by molar-refractivity contribution is 6.09. The molecule has 0 unspecified atom stereocenters. The lowest BCUT2D eigenvalue weighted by atomic mass is 10.1. The zero-order valence-electron chi connectivity index (χ0n) is 18.4. The van der Waals surface area contributed by atoms with Crippen molar-refractivity contribution in [3.8, 4) is 17.6 Å². The quantitative estimate of drug-likeness (QED) is 0.354. The third kappa shape index (κ3) is 6.68.